The molecule has 2 aromatic carbocycles. The molecule has 0 saturated carbocycles. The van der Waals surface area contributed by atoms with Crippen LogP contribution in [0.2, 0.25) is 5.02 Å². The van der Waals surface area contributed by atoms with E-state index in [-0.39, 0.29) is 5.69 Å². The van der Waals surface area contributed by atoms with E-state index < -0.39 is 27.4 Å². The lowest BCUT2D eigenvalue weighted by atomic mass is 10.1. The quantitative estimate of drug-likeness (QED) is 0.456. The molecule has 1 aliphatic heterocycles. The van der Waals surface area contributed by atoms with Crippen LogP contribution in [0.3, 0.4) is 0 Å². The Morgan fingerprint density at radius 3 is 2.47 bits per heavy atom. The van der Waals surface area contributed by atoms with Gasteiger partial charge in [0.1, 0.15) is 17.3 Å². The number of fused-ring (bicyclic) bond motifs is 1. The van der Waals surface area contributed by atoms with E-state index in [0.717, 1.165) is 17.0 Å². The van der Waals surface area contributed by atoms with Gasteiger partial charge in [-0.1, -0.05) is 23.7 Å². The van der Waals surface area contributed by atoms with Crippen molar-refractivity contribution < 1.29 is 18.1 Å². The maximum Gasteiger partial charge on any atom is 0.418 e. The first-order valence-electron chi connectivity index (χ1n) is 9.67. The molecular formula is C20H18ClF3N6O2. The molecule has 168 valence electrons. The predicted molar refractivity (Wildman–Crippen MR) is 115 cm³/mol. The summed E-state index contributed by atoms with van der Waals surface area (Å²) in [5.41, 5.74) is 4.99. The Hall–Kier alpha value is -3.18. The minimum atomic E-state index is -4.78. The summed E-state index contributed by atoms with van der Waals surface area (Å²) in [6, 6.07) is 8.92. The summed E-state index contributed by atoms with van der Waals surface area (Å²) >= 11 is 5.80. The smallest absolute Gasteiger partial charge is 0.383 e. The van der Waals surface area contributed by atoms with Gasteiger partial charge >= 0.3 is 6.18 Å². The minimum absolute atomic E-state index is 0.0684. The van der Waals surface area contributed by atoms with Gasteiger partial charge < -0.3 is 10.6 Å². The number of piperazine rings is 1. The van der Waals surface area contributed by atoms with E-state index in [2.05, 4.69) is 14.9 Å². The largest absolute Gasteiger partial charge is 0.418 e. The van der Waals surface area contributed by atoms with Gasteiger partial charge in [0.15, 0.2) is 0 Å². The number of halogens is 4. The molecule has 1 fully saturated rings. The van der Waals surface area contributed by atoms with Crippen molar-refractivity contribution in [3.8, 4) is 0 Å². The molecular weight excluding hydrogens is 449 g/mol. The molecule has 2 heterocycles. The number of alkyl halides is 3. The van der Waals surface area contributed by atoms with Crippen LogP contribution in [0.4, 0.5) is 30.4 Å². The van der Waals surface area contributed by atoms with E-state index in [9.17, 15) is 23.3 Å². The highest BCUT2D eigenvalue weighted by molar-refractivity contribution is 6.31. The second-order valence-electron chi connectivity index (χ2n) is 7.38. The molecule has 0 unspecified atom stereocenters. The second-order valence-corrected chi connectivity index (χ2v) is 7.79. The van der Waals surface area contributed by atoms with Crippen LogP contribution in [0.15, 0.2) is 36.4 Å². The summed E-state index contributed by atoms with van der Waals surface area (Å²) in [5.74, 6) is 0.942. The Morgan fingerprint density at radius 2 is 1.81 bits per heavy atom. The zero-order valence-corrected chi connectivity index (χ0v) is 17.4. The third-order valence-electron chi connectivity index (χ3n) is 5.32. The van der Waals surface area contributed by atoms with Crippen molar-refractivity contribution in [3.63, 3.8) is 0 Å². The molecule has 32 heavy (non-hydrogen) atoms. The van der Waals surface area contributed by atoms with Gasteiger partial charge in [0.25, 0.3) is 5.69 Å². The highest BCUT2D eigenvalue weighted by Gasteiger charge is 2.37. The van der Waals surface area contributed by atoms with Crippen molar-refractivity contribution in [3.05, 3.63) is 62.9 Å². The number of rotatable bonds is 4. The van der Waals surface area contributed by atoms with Gasteiger partial charge in [-0.2, -0.15) is 13.2 Å². The van der Waals surface area contributed by atoms with E-state index in [0.29, 0.717) is 50.4 Å². The number of nitrogens with two attached hydrogens (primary N) is 1. The standard InChI is InChI=1S/C20H18ClF3N6O2/c21-14-10-16(17(30(31)32)9-13(14)20(22,23)24)29-7-5-28(6-8-29)11-18-26-15-4-2-1-3-12(15)19(25)27-18/h1-4,9-10H,5-8,11H2,(H2,25,26,27). The molecule has 0 bridgehead atoms. The average Bonchev–Trinajstić information content (AvgIpc) is 2.73. The molecule has 0 atom stereocenters. The van der Waals surface area contributed by atoms with Gasteiger partial charge in [-0.15, -0.1) is 0 Å². The molecule has 0 spiro atoms. The first-order chi connectivity index (χ1) is 15.1. The number of para-hydroxylation sites is 1. The third kappa shape index (κ3) is 4.39. The number of anilines is 2. The zero-order valence-electron chi connectivity index (χ0n) is 16.6. The van der Waals surface area contributed by atoms with Crippen LogP contribution in [0, 0.1) is 10.1 Å². The number of benzene rings is 2. The molecule has 0 amide bonds. The van der Waals surface area contributed by atoms with E-state index in [1.807, 2.05) is 24.3 Å². The summed E-state index contributed by atoms with van der Waals surface area (Å²) in [4.78, 5) is 23.2. The van der Waals surface area contributed by atoms with E-state index in [4.69, 9.17) is 17.3 Å². The van der Waals surface area contributed by atoms with Crippen molar-refractivity contribution in [2.45, 2.75) is 12.7 Å². The Balaban J connectivity index is 1.50. The van der Waals surface area contributed by atoms with Crippen molar-refractivity contribution in [2.24, 2.45) is 0 Å². The Kier molecular flexibility index (Phi) is 5.78. The molecule has 1 aliphatic rings. The Morgan fingerprint density at radius 1 is 1.12 bits per heavy atom. The van der Waals surface area contributed by atoms with E-state index in [1.54, 1.807) is 4.90 Å². The topological polar surface area (TPSA) is 101 Å². The SMILES string of the molecule is Nc1nc(CN2CCN(c3cc(Cl)c(C(F)(F)F)cc3[N+](=O)[O-])CC2)nc2ccccc12. The van der Waals surface area contributed by atoms with Crippen LogP contribution in [0.25, 0.3) is 10.9 Å². The Bertz CT molecular complexity index is 1180. The normalized spacial score (nSPS) is 15.3. The fourth-order valence-electron chi connectivity index (χ4n) is 3.74. The average molecular weight is 467 g/mol. The van der Waals surface area contributed by atoms with Crippen LogP contribution < -0.4 is 10.6 Å². The van der Waals surface area contributed by atoms with Gasteiger partial charge in [-0.3, -0.25) is 15.0 Å². The number of aromatic nitrogens is 2. The zero-order chi connectivity index (χ0) is 23.0. The van der Waals surface area contributed by atoms with Crippen LogP contribution in [-0.2, 0) is 12.7 Å². The maximum absolute atomic E-state index is 13.1. The summed E-state index contributed by atoms with van der Waals surface area (Å²) < 4.78 is 39.3. The van der Waals surface area contributed by atoms with Crippen LogP contribution in [0.1, 0.15) is 11.4 Å². The first kappa shape index (κ1) is 22.0. The van der Waals surface area contributed by atoms with Gasteiger partial charge in [0.05, 0.1) is 27.6 Å². The summed E-state index contributed by atoms with van der Waals surface area (Å²) in [6.45, 7) is 2.17. The third-order valence-corrected chi connectivity index (χ3v) is 5.64. The fourth-order valence-corrected chi connectivity index (χ4v) is 4.00. The molecule has 1 aromatic heterocycles. The summed E-state index contributed by atoms with van der Waals surface area (Å²) in [7, 11) is 0. The minimum Gasteiger partial charge on any atom is -0.383 e. The molecule has 2 N–H and O–H groups in total. The predicted octanol–water partition coefficient (Wildman–Crippen LogP) is 4.11. The molecule has 12 heteroatoms. The molecule has 0 radical (unpaired) electrons. The van der Waals surface area contributed by atoms with E-state index in [1.165, 1.54) is 0 Å². The number of nitrogen functional groups attached to an aromatic ring is 1. The lowest BCUT2D eigenvalue weighted by molar-refractivity contribution is -0.384. The van der Waals surface area contributed by atoms with Crippen molar-refractivity contribution in [1.82, 2.24) is 14.9 Å². The van der Waals surface area contributed by atoms with Crippen LogP contribution in [0.5, 0.6) is 0 Å². The molecule has 1 saturated heterocycles. The summed E-state index contributed by atoms with van der Waals surface area (Å²) in [5, 5.41) is 11.6. The molecule has 3 aromatic rings. The Labute approximate surface area is 185 Å². The fraction of sp³-hybridized carbons (Fsp3) is 0.300. The van der Waals surface area contributed by atoms with Gasteiger partial charge in [-0.25, -0.2) is 9.97 Å². The molecule has 0 aliphatic carbocycles. The summed E-state index contributed by atoms with van der Waals surface area (Å²) in [6.07, 6.45) is -4.78. The van der Waals surface area contributed by atoms with Gasteiger partial charge in [0, 0.05) is 37.6 Å². The van der Waals surface area contributed by atoms with E-state index >= 15 is 0 Å². The number of hydrogen-bond donors (Lipinski definition) is 1. The number of nitro groups is 1. The monoisotopic (exact) mass is 466 g/mol. The molecule has 8 nitrogen and oxygen atoms in total. The highest BCUT2D eigenvalue weighted by Crippen LogP contribution is 2.41. The van der Waals surface area contributed by atoms with Gasteiger partial charge in [0.2, 0.25) is 0 Å². The van der Waals surface area contributed by atoms with Crippen LogP contribution in [-0.4, -0.2) is 46.0 Å². The maximum atomic E-state index is 13.1. The lowest BCUT2D eigenvalue weighted by Gasteiger charge is -2.35. The van der Waals surface area contributed by atoms with Crippen molar-refractivity contribution >= 4 is 39.7 Å². The van der Waals surface area contributed by atoms with Crippen LogP contribution >= 0.6 is 11.6 Å². The highest BCUT2D eigenvalue weighted by atomic mass is 35.5. The van der Waals surface area contributed by atoms with Crippen molar-refractivity contribution in [2.75, 3.05) is 36.8 Å². The number of nitrogens with zero attached hydrogens (tertiary/aromatic N) is 5. The van der Waals surface area contributed by atoms with Gasteiger partial charge in [-0.05, 0) is 18.2 Å². The first-order valence-corrected chi connectivity index (χ1v) is 10.0. The second kappa shape index (κ2) is 8.40. The lowest BCUT2D eigenvalue weighted by Crippen LogP contribution is -2.46. The van der Waals surface area contributed by atoms with Crippen molar-refractivity contribution in [1.29, 1.82) is 0 Å². The molecule has 4 rings (SSSR count). The number of nitro benzene ring substituents is 1. The number of hydrogen-bond acceptors (Lipinski definition) is 7.